The fourth-order valence-corrected chi connectivity index (χ4v) is 2.87. The summed E-state index contributed by atoms with van der Waals surface area (Å²) < 4.78 is 0. The molecule has 1 unspecified atom stereocenters. The minimum absolute atomic E-state index is 0.722. The highest BCUT2D eigenvalue weighted by atomic mass is 15.2. The summed E-state index contributed by atoms with van der Waals surface area (Å²) in [5.74, 6) is 0.815. The van der Waals surface area contributed by atoms with E-state index in [0.717, 1.165) is 24.5 Å². The summed E-state index contributed by atoms with van der Waals surface area (Å²) in [4.78, 5) is 2.68. The van der Waals surface area contributed by atoms with Gasteiger partial charge in [-0.2, -0.15) is 0 Å². The van der Waals surface area contributed by atoms with E-state index in [1.165, 1.54) is 38.8 Å². The van der Waals surface area contributed by atoms with Crippen molar-refractivity contribution < 1.29 is 0 Å². The fraction of sp³-hybridized carbons (Fsp3) is 1.00. The van der Waals surface area contributed by atoms with Gasteiger partial charge in [0.25, 0.3) is 0 Å². The van der Waals surface area contributed by atoms with Gasteiger partial charge in [0.2, 0.25) is 0 Å². The van der Waals surface area contributed by atoms with Crippen LogP contribution >= 0.6 is 0 Å². The van der Waals surface area contributed by atoms with Crippen LogP contribution in [0.3, 0.4) is 0 Å². The van der Waals surface area contributed by atoms with Crippen LogP contribution in [0.4, 0.5) is 0 Å². The van der Waals surface area contributed by atoms with E-state index in [0.29, 0.717) is 0 Å². The molecule has 0 bridgehead atoms. The van der Waals surface area contributed by atoms with Crippen molar-refractivity contribution in [3.8, 4) is 0 Å². The van der Waals surface area contributed by atoms with Gasteiger partial charge in [-0.05, 0) is 38.1 Å². The van der Waals surface area contributed by atoms with E-state index in [-0.39, 0.29) is 0 Å². The lowest BCUT2D eigenvalue weighted by Crippen LogP contribution is -2.40. The van der Waals surface area contributed by atoms with E-state index >= 15 is 0 Å². The van der Waals surface area contributed by atoms with Gasteiger partial charge in [0.1, 0.15) is 0 Å². The third-order valence-corrected chi connectivity index (χ3v) is 4.00. The first kappa shape index (κ1) is 14.0. The molecule has 1 rings (SSSR count). The number of hydrogen-bond acceptors (Lipinski definition) is 2. The molecule has 0 aliphatic carbocycles. The second-order valence-corrected chi connectivity index (χ2v) is 5.46. The molecule has 1 aliphatic heterocycles. The summed E-state index contributed by atoms with van der Waals surface area (Å²) in [6, 6.07) is 1.56. The number of rotatable bonds is 7. The summed E-state index contributed by atoms with van der Waals surface area (Å²) in [5, 5.41) is 3.66. The third kappa shape index (κ3) is 4.06. The van der Waals surface area contributed by atoms with Gasteiger partial charge in [0, 0.05) is 25.2 Å². The Morgan fingerprint density at radius 2 is 1.94 bits per heavy atom. The first-order valence-corrected chi connectivity index (χ1v) is 7.16. The molecular weight excluding hydrogens is 196 g/mol. The van der Waals surface area contributed by atoms with Crippen LogP contribution in [0.25, 0.3) is 0 Å². The Kier molecular flexibility index (Phi) is 6.37. The molecule has 1 saturated heterocycles. The molecule has 0 spiro atoms. The van der Waals surface area contributed by atoms with Crippen LogP contribution in [0.15, 0.2) is 0 Å². The number of nitrogens with zero attached hydrogens (tertiary/aromatic N) is 1. The van der Waals surface area contributed by atoms with Crippen molar-refractivity contribution in [2.45, 2.75) is 65.5 Å². The topological polar surface area (TPSA) is 15.3 Å². The second kappa shape index (κ2) is 7.29. The maximum absolute atomic E-state index is 3.66. The molecule has 1 atom stereocenters. The Morgan fingerprint density at radius 1 is 1.25 bits per heavy atom. The number of likely N-dealkylation sites (tertiary alicyclic amines) is 1. The van der Waals surface area contributed by atoms with E-state index < -0.39 is 0 Å². The first-order chi connectivity index (χ1) is 7.69. The van der Waals surface area contributed by atoms with Crippen LogP contribution in [0.5, 0.6) is 0 Å². The van der Waals surface area contributed by atoms with Crippen LogP contribution in [0.1, 0.15) is 53.4 Å². The van der Waals surface area contributed by atoms with Crippen LogP contribution in [0.2, 0.25) is 0 Å². The summed E-state index contributed by atoms with van der Waals surface area (Å²) in [5.41, 5.74) is 0. The molecule has 16 heavy (non-hydrogen) atoms. The zero-order chi connectivity index (χ0) is 12.0. The molecule has 2 heteroatoms. The highest BCUT2D eigenvalue weighted by molar-refractivity contribution is 4.82. The smallest absolute Gasteiger partial charge is 0.0119 e. The van der Waals surface area contributed by atoms with Crippen LogP contribution in [0, 0.1) is 5.92 Å². The van der Waals surface area contributed by atoms with E-state index in [4.69, 9.17) is 0 Å². The predicted molar refractivity (Wildman–Crippen MR) is 71.8 cm³/mol. The molecule has 0 aromatic heterocycles. The highest BCUT2D eigenvalue weighted by Gasteiger charge is 2.26. The Labute approximate surface area is 102 Å². The largest absolute Gasteiger partial charge is 0.313 e. The maximum atomic E-state index is 3.66. The normalized spacial score (nSPS) is 22.5. The lowest BCUT2D eigenvalue weighted by atomic mass is 10.0. The number of nitrogens with one attached hydrogen (secondary N) is 1. The van der Waals surface area contributed by atoms with Crippen molar-refractivity contribution in [1.29, 1.82) is 0 Å². The van der Waals surface area contributed by atoms with Gasteiger partial charge in [-0.1, -0.05) is 27.7 Å². The molecular formula is C14H30N2. The SMILES string of the molecule is CCC(CC)NCCN1CCCC1C(C)C. The molecule has 0 amide bonds. The zero-order valence-electron chi connectivity index (χ0n) is 11.6. The second-order valence-electron chi connectivity index (χ2n) is 5.46. The summed E-state index contributed by atoms with van der Waals surface area (Å²) in [6.45, 7) is 13.0. The van der Waals surface area contributed by atoms with Crippen molar-refractivity contribution in [1.82, 2.24) is 10.2 Å². The van der Waals surface area contributed by atoms with Crippen LogP contribution in [-0.4, -0.2) is 36.6 Å². The minimum Gasteiger partial charge on any atom is -0.313 e. The van der Waals surface area contributed by atoms with Gasteiger partial charge in [-0.15, -0.1) is 0 Å². The summed E-state index contributed by atoms with van der Waals surface area (Å²) in [7, 11) is 0. The van der Waals surface area contributed by atoms with Crippen molar-refractivity contribution in [2.24, 2.45) is 5.92 Å². The van der Waals surface area contributed by atoms with Gasteiger partial charge >= 0.3 is 0 Å². The van der Waals surface area contributed by atoms with Gasteiger partial charge < -0.3 is 5.32 Å². The summed E-state index contributed by atoms with van der Waals surface area (Å²) in [6.07, 6.45) is 5.31. The molecule has 1 heterocycles. The van der Waals surface area contributed by atoms with Gasteiger partial charge in [0.05, 0.1) is 0 Å². The quantitative estimate of drug-likeness (QED) is 0.718. The predicted octanol–water partition coefficient (Wildman–Crippen LogP) is 2.89. The molecule has 2 nitrogen and oxygen atoms in total. The molecule has 1 N–H and O–H groups in total. The van der Waals surface area contributed by atoms with E-state index in [2.05, 4.69) is 37.9 Å². The summed E-state index contributed by atoms with van der Waals surface area (Å²) >= 11 is 0. The molecule has 0 aromatic carbocycles. The Bertz CT molecular complexity index is 176. The van der Waals surface area contributed by atoms with Crippen molar-refractivity contribution >= 4 is 0 Å². The monoisotopic (exact) mass is 226 g/mol. The average Bonchev–Trinajstić information content (AvgIpc) is 2.72. The van der Waals surface area contributed by atoms with E-state index in [1.54, 1.807) is 0 Å². The molecule has 0 aromatic rings. The van der Waals surface area contributed by atoms with Crippen molar-refractivity contribution in [3.63, 3.8) is 0 Å². The standard InChI is InChI=1S/C14H30N2/c1-5-13(6-2)15-9-11-16-10-7-8-14(16)12(3)4/h12-15H,5-11H2,1-4H3. The molecule has 1 aliphatic rings. The van der Waals surface area contributed by atoms with Crippen LogP contribution < -0.4 is 5.32 Å². The van der Waals surface area contributed by atoms with Crippen LogP contribution in [-0.2, 0) is 0 Å². The maximum Gasteiger partial charge on any atom is 0.0119 e. The minimum atomic E-state index is 0.722. The lowest BCUT2D eigenvalue weighted by molar-refractivity contribution is 0.204. The van der Waals surface area contributed by atoms with E-state index in [9.17, 15) is 0 Å². The Hall–Kier alpha value is -0.0800. The average molecular weight is 226 g/mol. The molecule has 0 radical (unpaired) electrons. The molecule has 96 valence electrons. The lowest BCUT2D eigenvalue weighted by Gasteiger charge is -2.28. The zero-order valence-corrected chi connectivity index (χ0v) is 11.6. The van der Waals surface area contributed by atoms with Crippen molar-refractivity contribution in [3.05, 3.63) is 0 Å². The molecule has 1 fully saturated rings. The van der Waals surface area contributed by atoms with E-state index in [1.807, 2.05) is 0 Å². The van der Waals surface area contributed by atoms with Gasteiger partial charge in [0.15, 0.2) is 0 Å². The van der Waals surface area contributed by atoms with Gasteiger partial charge in [-0.25, -0.2) is 0 Å². The Morgan fingerprint density at radius 3 is 2.50 bits per heavy atom. The third-order valence-electron chi connectivity index (χ3n) is 4.00. The Balaban J connectivity index is 2.21. The number of hydrogen-bond donors (Lipinski definition) is 1. The highest BCUT2D eigenvalue weighted by Crippen LogP contribution is 2.22. The fourth-order valence-electron chi connectivity index (χ4n) is 2.87. The van der Waals surface area contributed by atoms with Gasteiger partial charge in [-0.3, -0.25) is 4.90 Å². The van der Waals surface area contributed by atoms with Crippen molar-refractivity contribution in [2.75, 3.05) is 19.6 Å². The first-order valence-electron chi connectivity index (χ1n) is 7.16. The molecule has 0 saturated carbocycles.